The first kappa shape index (κ1) is 10.3. The number of aromatic nitrogens is 2. The molecule has 1 aromatic rings. The Labute approximate surface area is 97.0 Å². The molecule has 2 N–H and O–H groups in total. The Hall–Kier alpha value is -0.830. The minimum atomic E-state index is 0.718. The third-order valence-electron chi connectivity index (χ3n) is 4.06. The number of rotatable bonds is 3. The van der Waals surface area contributed by atoms with Gasteiger partial charge in [0.1, 0.15) is 5.82 Å². The minimum Gasteiger partial charge on any atom is -0.346 e. The van der Waals surface area contributed by atoms with Crippen molar-refractivity contribution in [3.8, 4) is 0 Å². The van der Waals surface area contributed by atoms with Crippen molar-refractivity contribution in [2.45, 2.75) is 44.4 Å². The number of hydrogen-bond donors (Lipinski definition) is 2. The smallest absolute Gasteiger partial charge is 0.109 e. The van der Waals surface area contributed by atoms with E-state index in [2.05, 4.69) is 21.5 Å². The summed E-state index contributed by atoms with van der Waals surface area (Å²) in [5.41, 5.74) is 1.34. The largest absolute Gasteiger partial charge is 0.346 e. The highest BCUT2D eigenvalue weighted by Crippen LogP contribution is 2.32. The number of nitrogens with one attached hydrogen (secondary N) is 2. The van der Waals surface area contributed by atoms with E-state index in [9.17, 15) is 0 Å². The van der Waals surface area contributed by atoms with E-state index in [0.29, 0.717) is 0 Å². The summed E-state index contributed by atoms with van der Waals surface area (Å²) in [6.45, 7) is 2.37. The zero-order valence-corrected chi connectivity index (χ0v) is 9.84. The molecule has 2 aliphatic rings. The molecule has 2 heterocycles. The molecule has 0 radical (unpaired) electrons. The van der Waals surface area contributed by atoms with Gasteiger partial charge in [-0.3, -0.25) is 0 Å². The lowest BCUT2D eigenvalue weighted by molar-refractivity contribution is 0.571. The minimum absolute atomic E-state index is 0.718. The van der Waals surface area contributed by atoms with Crippen molar-refractivity contribution in [2.75, 3.05) is 13.1 Å². The highest BCUT2D eigenvalue weighted by molar-refractivity contribution is 5.08. The Kier molecular flexibility index (Phi) is 2.96. The van der Waals surface area contributed by atoms with E-state index < -0.39 is 0 Å². The van der Waals surface area contributed by atoms with Gasteiger partial charge in [-0.15, -0.1) is 0 Å². The fraction of sp³-hybridized carbons (Fsp3) is 0.769. The summed E-state index contributed by atoms with van der Waals surface area (Å²) in [5, 5.41) is 3.42. The van der Waals surface area contributed by atoms with Crippen LogP contribution in [0.15, 0.2) is 6.20 Å². The van der Waals surface area contributed by atoms with Crippen LogP contribution in [0.3, 0.4) is 0 Å². The zero-order valence-electron chi connectivity index (χ0n) is 9.84. The molecule has 1 atom stereocenters. The zero-order chi connectivity index (χ0) is 10.8. The molecule has 1 saturated heterocycles. The first-order valence-corrected chi connectivity index (χ1v) is 6.66. The molecular formula is C13H21N3. The fourth-order valence-corrected chi connectivity index (χ4v) is 3.09. The van der Waals surface area contributed by atoms with E-state index in [1.165, 1.54) is 63.1 Å². The van der Waals surface area contributed by atoms with Crippen molar-refractivity contribution in [3.63, 3.8) is 0 Å². The molecule has 1 aromatic heterocycles. The maximum absolute atomic E-state index is 4.56. The van der Waals surface area contributed by atoms with Gasteiger partial charge >= 0.3 is 0 Å². The molecule has 1 aliphatic heterocycles. The van der Waals surface area contributed by atoms with Gasteiger partial charge in [0, 0.05) is 17.8 Å². The second-order valence-electron chi connectivity index (χ2n) is 5.34. The fourth-order valence-electron chi connectivity index (χ4n) is 3.09. The molecule has 16 heavy (non-hydrogen) atoms. The highest BCUT2D eigenvalue weighted by atomic mass is 14.9. The molecule has 3 heteroatoms. The van der Waals surface area contributed by atoms with Gasteiger partial charge in [0.05, 0.1) is 0 Å². The van der Waals surface area contributed by atoms with Crippen molar-refractivity contribution in [1.29, 1.82) is 0 Å². The van der Waals surface area contributed by atoms with Crippen LogP contribution in [-0.4, -0.2) is 23.1 Å². The third-order valence-corrected chi connectivity index (χ3v) is 4.06. The van der Waals surface area contributed by atoms with Crippen LogP contribution >= 0.6 is 0 Å². The number of imidazole rings is 1. The van der Waals surface area contributed by atoms with E-state index in [4.69, 9.17) is 0 Å². The maximum atomic E-state index is 4.56. The quantitative estimate of drug-likeness (QED) is 0.818. The third kappa shape index (κ3) is 2.14. The molecule has 3 rings (SSSR count). The Balaban J connectivity index is 1.62. The van der Waals surface area contributed by atoms with E-state index in [-0.39, 0.29) is 0 Å². The predicted octanol–water partition coefficient (Wildman–Crippen LogP) is 2.22. The first-order chi connectivity index (χ1) is 7.92. The van der Waals surface area contributed by atoms with Gasteiger partial charge in [-0.25, -0.2) is 4.98 Å². The number of aromatic amines is 1. The van der Waals surface area contributed by atoms with Crippen LogP contribution in [0.4, 0.5) is 0 Å². The lowest BCUT2D eigenvalue weighted by Gasteiger charge is -2.06. The lowest BCUT2D eigenvalue weighted by atomic mass is 10.0. The van der Waals surface area contributed by atoms with Crippen LogP contribution in [0.5, 0.6) is 0 Å². The van der Waals surface area contributed by atoms with E-state index in [0.717, 1.165) is 11.8 Å². The van der Waals surface area contributed by atoms with Crippen molar-refractivity contribution in [3.05, 3.63) is 17.7 Å². The second kappa shape index (κ2) is 4.58. The monoisotopic (exact) mass is 219 g/mol. The topological polar surface area (TPSA) is 40.7 Å². The number of H-pyrrole nitrogens is 1. The summed E-state index contributed by atoms with van der Waals surface area (Å²) in [5.74, 6) is 2.78. The van der Waals surface area contributed by atoms with E-state index in [1.807, 2.05) is 0 Å². The molecular weight excluding hydrogens is 198 g/mol. The van der Waals surface area contributed by atoms with E-state index >= 15 is 0 Å². The highest BCUT2D eigenvalue weighted by Gasteiger charge is 2.21. The van der Waals surface area contributed by atoms with Gasteiger partial charge in [0.25, 0.3) is 0 Å². The summed E-state index contributed by atoms with van der Waals surface area (Å²) in [6.07, 6.45) is 9.98. The summed E-state index contributed by atoms with van der Waals surface area (Å²) in [7, 11) is 0. The molecule has 2 fully saturated rings. The molecule has 0 spiro atoms. The molecule has 3 nitrogen and oxygen atoms in total. The molecule has 1 aliphatic carbocycles. The van der Waals surface area contributed by atoms with Crippen LogP contribution in [0, 0.1) is 5.92 Å². The number of hydrogen-bond acceptors (Lipinski definition) is 2. The Morgan fingerprint density at radius 1 is 1.25 bits per heavy atom. The lowest BCUT2D eigenvalue weighted by Crippen LogP contribution is -2.10. The van der Waals surface area contributed by atoms with Crippen LogP contribution in [0.1, 0.15) is 49.5 Å². The standard InChI is InChI=1S/C13H21N3/c1-2-4-11(3-1)13-15-9-12(16-13)7-10-5-6-14-8-10/h9-11,14H,1-8H2,(H,15,16). The van der Waals surface area contributed by atoms with Gasteiger partial charge in [0.15, 0.2) is 0 Å². The summed E-state index contributed by atoms with van der Waals surface area (Å²) < 4.78 is 0. The average molecular weight is 219 g/mol. The van der Waals surface area contributed by atoms with Crippen molar-refractivity contribution in [2.24, 2.45) is 5.92 Å². The van der Waals surface area contributed by atoms with Gasteiger partial charge in [-0.2, -0.15) is 0 Å². The Morgan fingerprint density at radius 3 is 2.88 bits per heavy atom. The van der Waals surface area contributed by atoms with Gasteiger partial charge in [0.2, 0.25) is 0 Å². The maximum Gasteiger partial charge on any atom is 0.109 e. The summed E-state index contributed by atoms with van der Waals surface area (Å²) in [4.78, 5) is 8.11. The second-order valence-corrected chi connectivity index (χ2v) is 5.34. The normalized spacial score (nSPS) is 26.6. The summed E-state index contributed by atoms with van der Waals surface area (Å²) in [6, 6.07) is 0. The Bertz CT molecular complexity index is 333. The molecule has 1 saturated carbocycles. The van der Waals surface area contributed by atoms with Crippen molar-refractivity contribution < 1.29 is 0 Å². The molecule has 0 aromatic carbocycles. The first-order valence-electron chi connectivity index (χ1n) is 6.66. The SMILES string of the molecule is c1nc(C2CCCC2)[nH]c1CC1CCNC1. The van der Waals surface area contributed by atoms with Crippen LogP contribution < -0.4 is 5.32 Å². The molecule has 1 unspecified atom stereocenters. The molecule has 0 bridgehead atoms. The summed E-state index contributed by atoms with van der Waals surface area (Å²) >= 11 is 0. The van der Waals surface area contributed by atoms with Gasteiger partial charge in [-0.05, 0) is 44.7 Å². The van der Waals surface area contributed by atoms with Gasteiger partial charge in [-0.1, -0.05) is 12.8 Å². The number of nitrogens with zero attached hydrogens (tertiary/aromatic N) is 1. The predicted molar refractivity (Wildman–Crippen MR) is 64.5 cm³/mol. The van der Waals surface area contributed by atoms with Crippen molar-refractivity contribution >= 4 is 0 Å². The van der Waals surface area contributed by atoms with Crippen LogP contribution in [-0.2, 0) is 6.42 Å². The van der Waals surface area contributed by atoms with E-state index in [1.54, 1.807) is 0 Å². The molecule has 88 valence electrons. The van der Waals surface area contributed by atoms with Crippen LogP contribution in [0.25, 0.3) is 0 Å². The average Bonchev–Trinajstić information content (AvgIpc) is 2.99. The molecule has 0 amide bonds. The van der Waals surface area contributed by atoms with Crippen molar-refractivity contribution in [1.82, 2.24) is 15.3 Å². The van der Waals surface area contributed by atoms with Gasteiger partial charge < -0.3 is 10.3 Å². The van der Waals surface area contributed by atoms with Crippen LogP contribution in [0.2, 0.25) is 0 Å². The Morgan fingerprint density at radius 2 is 2.12 bits per heavy atom.